The minimum absolute atomic E-state index is 0.116. The predicted molar refractivity (Wildman–Crippen MR) is 76.6 cm³/mol. The van der Waals surface area contributed by atoms with Gasteiger partial charge in [0.1, 0.15) is 5.82 Å². The normalized spacial score (nSPS) is 11.2. The van der Waals surface area contributed by atoms with Gasteiger partial charge in [0.15, 0.2) is 0 Å². The molecule has 0 saturated heterocycles. The van der Waals surface area contributed by atoms with Gasteiger partial charge in [0.25, 0.3) is 5.91 Å². The first-order valence-electron chi connectivity index (χ1n) is 6.46. The Morgan fingerprint density at radius 3 is 2.68 bits per heavy atom. The molecule has 0 aliphatic rings. The van der Waals surface area contributed by atoms with Gasteiger partial charge < -0.3 is 15.4 Å². The van der Waals surface area contributed by atoms with E-state index in [1.54, 1.807) is 19.2 Å². The van der Waals surface area contributed by atoms with Gasteiger partial charge in [0, 0.05) is 31.5 Å². The summed E-state index contributed by atoms with van der Waals surface area (Å²) >= 11 is 0. The molecule has 0 bridgehead atoms. The molecule has 0 aliphatic heterocycles. The predicted octanol–water partition coefficient (Wildman–Crippen LogP) is 1.98. The van der Waals surface area contributed by atoms with E-state index in [9.17, 15) is 4.79 Å². The van der Waals surface area contributed by atoms with Crippen LogP contribution in [0.2, 0.25) is 0 Å². The number of nitrogens with zero attached hydrogens (tertiary/aromatic N) is 1. The summed E-state index contributed by atoms with van der Waals surface area (Å²) in [5, 5.41) is 5.82. The molecule has 1 amide bonds. The zero-order valence-electron chi connectivity index (χ0n) is 12.3. The Labute approximate surface area is 114 Å². The molecule has 0 unspecified atom stereocenters. The summed E-state index contributed by atoms with van der Waals surface area (Å²) in [5.41, 5.74) is 1.04. The molecule has 0 atom stereocenters. The maximum absolute atomic E-state index is 12.1. The summed E-state index contributed by atoms with van der Waals surface area (Å²) in [7, 11) is 1.78. The maximum atomic E-state index is 12.1. The standard InChI is InChI=1S/C14H23N3O2/c1-6-19-14(3,4)9-16-13(18)11-7-10(2)17-12(8-11)15-5/h7-8H,6,9H2,1-5H3,(H,15,17)(H,16,18). The third kappa shape index (κ3) is 4.87. The third-order valence-electron chi connectivity index (χ3n) is 2.68. The quantitative estimate of drug-likeness (QED) is 0.825. The molecular formula is C14H23N3O2. The third-order valence-corrected chi connectivity index (χ3v) is 2.68. The molecule has 0 aromatic carbocycles. The summed E-state index contributed by atoms with van der Waals surface area (Å²) in [6, 6.07) is 3.50. The lowest BCUT2D eigenvalue weighted by molar-refractivity contribution is -0.00815. The summed E-state index contributed by atoms with van der Waals surface area (Å²) in [6.07, 6.45) is 0. The molecule has 0 aliphatic carbocycles. The van der Waals surface area contributed by atoms with Crippen molar-refractivity contribution in [3.8, 4) is 0 Å². The highest BCUT2D eigenvalue weighted by Crippen LogP contribution is 2.11. The van der Waals surface area contributed by atoms with Crippen molar-refractivity contribution in [1.82, 2.24) is 10.3 Å². The SMILES string of the molecule is CCOC(C)(C)CNC(=O)c1cc(C)nc(NC)c1. The van der Waals surface area contributed by atoms with Gasteiger partial charge >= 0.3 is 0 Å². The molecule has 1 rings (SSSR count). The number of hydrogen-bond donors (Lipinski definition) is 2. The number of rotatable bonds is 6. The van der Waals surface area contributed by atoms with E-state index in [2.05, 4.69) is 15.6 Å². The zero-order chi connectivity index (χ0) is 14.5. The molecule has 1 aromatic rings. The van der Waals surface area contributed by atoms with Gasteiger partial charge in [0.2, 0.25) is 0 Å². The van der Waals surface area contributed by atoms with Gasteiger partial charge in [-0.05, 0) is 39.8 Å². The highest BCUT2D eigenvalue weighted by molar-refractivity contribution is 5.95. The number of amides is 1. The molecule has 1 aromatic heterocycles. The van der Waals surface area contributed by atoms with Crippen LogP contribution in [-0.4, -0.2) is 36.7 Å². The Kier molecular flexibility index (Phi) is 5.30. The topological polar surface area (TPSA) is 63.2 Å². The van der Waals surface area contributed by atoms with E-state index in [1.165, 1.54) is 0 Å². The highest BCUT2D eigenvalue weighted by Gasteiger charge is 2.19. The van der Waals surface area contributed by atoms with Crippen LogP contribution >= 0.6 is 0 Å². The van der Waals surface area contributed by atoms with E-state index >= 15 is 0 Å². The number of anilines is 1. The Hall–Kier alpha value is -1.62. The number of ether oxygens (including phenoxy) is 1. The van der Waals surface area contributed by atoms with Crippen LogP contribution in [0.5, 0.6) is 0 Å². The largest absolute Gasteiger partial charge is 0.374 e. The number of aromatic nitrogens is 1. The van der Waals surface area contributed by atoms with Crippen LogP contribution in [0, 0.1) is 6.92 Å². The molecule has 106 valence electrons. The van der Waals surface area contributed by atoms with Gasteiger partial charge in [-0.3, -0.25) is 4.79 Å². The van der Waals surface area contributed by atoms with Crippen LogP contribution in [0.3, 0.4) is 0 Å². The van der Waals surface area contributed by atoms with Crippen LogP contribution in [-0.2, 0) is 4.74 Å². The van der Waals surface area contributed by atoms with Crippen LogP contribution in [0.1, 0.15) is 36.8 Å². The smallest absolute Gasteiger partial charge is 0.251 e. The van der Waals surface area contributed by atoms with E-state index in [4.69, 9.17) is 4.74 Å². The molecule has 5 nitrogen and oxygen atoms in total. The number of pyridine rings is 1. The van der Waals surface area contributed by atoms with Crippen molar-refractivity contribution in [3.05, 3.63) is 23.4 Å². The first kappa shape index (κ1) is 15.4. The van der Waals surface area contributed by atoms with E-state index in [1.807, 2.05) is 27.7 Å². The Balaban J connectivity index is 2.71. The highest BCUT2D eigenvalue weighted by atomic mass is 16.5. The van der Waals surface area contributed by atoms with Crippen molar-refractivity contribution in [2.45, 2.75) is 33.3 Å². The molecule has 19 heavy (non-hydrogen) atoms. The monoisotopic (exact) mass is 265 g/mol. The average molecular weight is 265 g/mol. The van der Waals surface area contributed by atoms with Gasteiger partial charge in [-0.25, -0.2) is 4.98 Å². The van der Waals surface area contributed by atoms with Crippen molar-refractivity contribution in [3.63, 3.8) is 0 Å². The van der Waals surface area contributed by atoms with Crippen molar-refractivity contribution < 1.29 is 9.53 Å². The lowest BCUT2D eigenvalue weighted by Crippen LogP contribution is -2.40. The van der Waals surface area contributed by atoms with Gasteiger partial charge in [0.05, 0.1) is 5.60 Å². The fraction of sp³-hybridized carbons (Fsp3) is 0.571. The first-order chi connectivity index (χ1) is 8.88. The van der Waals surface area contributed by atoms with Crippen LogP contribution in [0.15, 0.2) is 12.1 Å². The number of carbonyl (C=O) groups is 1. The molecule has 0 spiro atoms. The molecule has 0 fully saturated rings. The maximum Gasteiger partial charge on any atom is 0.251 e. The second-order valence-electron chi connectivity index (χ2n) is 5.01. The zero-order valence-corrected chi connectivity index (χ0v) is 12.3. The molecular weight excluding hydrogens is 242 g/mol. The molecule has 0 radical (unpaired) electrons. The van der Waals surface area contributed by atoms with E-state index < -0.39 is 0 Å². The Bertz CT molecular complexity index is 444. The Morgan fingerprint density at radius 2 is 2.11 bits per heavy atom. The van der Waals surface area contributed by atoms with Crippen LogP contribution in [0.25, 0.3) is 0 Å². The number of hydrogen-bond acceptors (Lipinski definition) is 4. The van der Waals surface area contributed by atoms with Crippen molar-refractivity contribution in [2.75, 3.05) is 25.5 Å². The number of aryl methyl sites for hydroxylation is 1. The molecule has 2 N–H and O–H groups in total. The van der Waals surface area contributed by atoms with Crippen LogP contribution < -0.4 is 10.6 Å². The van der Waals surface area contributed by atoms with Gasteiger partial charge in [-0.15, -0.1) is 0 Å². The molecule has 0 saturated carbocycles. The molecule has 5 heteroatoms. The first-order valence-corrected chi connectivity index (χ1v) is 6.46. The van der Waals surface area contributed by atoms with Crippen molar-refractivity contribution >= 4 is 11.7 Å². The lowest BCUT2D eigenvalue weighted by Gasteiger charge is -2.24. The second-order valence-corrected chi connectivity index (χ2v) is 5.01. The lowest BCUT2D eigenvalue weighted by atomic mass is 10.1. The van der Waals surface area contributed by atoms with E-state index in [-0.39, 0.29) is 11.5 Å². The summed E-state index contributed by atoms with van der Waals surface area (Å²) in [5.74, 6) is 0.573. The van der Waals surface area contributed by atoms with Crippen molar-refractivity contribution in [2.24, 2.45) is 0 Å². The van der Waals surface area contributed by atoms with E-state index in [0.29, 0.717) is 24.5 Å². The van der Waals surface area contributed by atoms with Gasteiger partial charge in [-0.1, -0.05) is 0 Å². The minimum Gasteiger partial charge on any atom is -0.374 e. The second kappa shape index (κ2) is 6.52. The number of nitrogens with one attached hydrogen (secondary N) is 2. The summed E-state index contributed by atoms with van der Waals surface area (Å²) < 4.78 is 5.54. The average Bonchev–Trinajstić information content (AvgIpc) is 2.35. The number of carbonyl (C=O) groups excluding carboxylic acids is 1. The van der Waals surface area contributed by atoms with Crippen LogP contribution in [0.4, 0.5) is 5.82 Å². The van der Waals surface area contributed by atoms with Crippen molar-refractivity contribution in [1.29, 1.82) is 0 Å². The summed E-state index contributed by atoms with van der Waals surface area (Å²) in [6.45, 7) is 8.80. The van der Waals surface area contributed by atoms with E-state index in [0.717, 1.165) is 5.69 Å². The Morgan fingerprint density at radius 1 is 1.42 bits per heavy atom. The van der Waals surface area contributed by atoms with Gasteiger partial charge in [-0.2, -0.15) is 0 Å². The minimum atomic E-state index is -0.363. The fourth-order valence-electron chi connectivity index (χ4n) is 1.76. The summed E-state index contributed by atoms with van der Waals surface area (Å²) in [4.78, 5) is 16.4. The fourth-order valence-corrected chi connectivity index (χ4v) is 1.76. The molecule has 1 heterocycles.